The summed E-state index contributed by atoms with van der Waals surface area (Å²) in [4.78, 5) is 9.89. The fourth-order valence-electron chi connectivity index (χ4n) is 3.80. The van der Waals surface area contributed by atoms with Gasteiger partial charge in [-0.15, -0.1) is 24.0 Å². The van der Waals surface area contributed by atoms with E-state index in [2.05, 4.69) is 49.7 Å². The van der Waals surface area contributed by atoms with Crippen LogP contribution >= 0.6 is 24.0 Å². The average Bonchev–Trinajstić information content (AvgIpc) is 3.04. The summed E-state index contributed by atoms with van der Waals surface area (Å²) in [5.74, 6) is 2.94. The number of guanidine groups is 1. The topological polar surface area (TPSA) is 51.1 Å². The Bertz CT molecular complexity index is 375. The van der Waals surface area contributed by atoms with Gasteiger partial charge in [0.2, 0.25) is 0 Å². The molecule has 1 saturated heterocycles. The van der Waals surface area contributed by atoms with E-state index in [9.17, 15) is 5.11 Å². The molecule has 1 heterocycles. The maximum absolute atomic E-state index is 9.32. The Hall–Kier alpha value is -0.0800. The second-order valence-corrected chi connectivity index (χ2v) is 7.79. The molecule has 0 bridgehead atoms. The van der Waals surface area contributed by atoms with Gasteiger partial charge < -0.3 is 20.2 Å². The molecular formula is C20H43IN4O. The summed E-state index contributed by atoms with van der Waals surface area (Å²) in [5, 5.41) is 12.8. The molecular weight excluding hydrogens is 439 g/mol. The fraction of sp³-hybridized carbons (Fsp3) is 0.950. The third-order valence-electron chi connectivity index (χ3n) is 5.17. The Morgan fingerprint density at radius 3 is 2.50 bits per heavy atom. The van der Waals surface area contributed by atoms with E-state index in [0.29, 0.717) is 11.8 Å². The first-order chi connectivity index (χ1) is 12.0. The number of hydrogen-bond acceptors (Lipinski definition) is 3. The molecule has 6 heteroatoms. The zero-order chi connectivity index (χ0) is 18.7. The van der Waals surface area contributed by atoms with Crippen LogP contribution < -0.4 is 5.32 Å². The van der Waals surface area contributed by atoms with Gasteiger partial charge in [0.15, 0.2) is 5.96 Å². The smallest absolute Gasteiger partial charge is 0.193 e. The molecule has 0 aromatic heterocycles. The molecule has 1 rings (SSSR count). The summed E-state index contributed by atoms with van der Waals surface area (Å²) in [6, 6.07) is 0. The number of aliphatic hydroxyl groups excluding tert-OH is 1. The van der Waals surface area contributed by atoms with E-state index < -0.39 is 0 Å². The number of hydrogen-bond donors (Lipinski definition) is 2. The molecule has 0 spiro atoms. The quantitative estimate of drug-likeness (QED) is 0.270. The summed E-state index contributed by atoms with van der Waals surface area (Å²) in [6.45, 7) is 18.8. The normalized spacial score (nSPS) is 19.2. The molecule has 0 aromatic rings. The van der Waals surface area contributed by atoms with E-state index in [1.54, 1.807) is 0 Å². The Labute approximate surface area is 179 Å². The highest BCUT2D eigenvalue weighted by atomic mass is 127. The fourth-order valence-corrected chi connectivity index (χ4v) is 3.80. The third-order valence-corrected chi connectivity index (χ3v) is 5.17. The maximum atomic E-state index is 9.32. The van der Waals surface area contributed by atoms with E-state index in [0.717, 1.165) is 64.0 Å². The number of nitrogens with zero attached hydrogens (tertiary/aromatic N) is 3. The van der Waals surface area contributed by atoms with Crippen molar-refractivity contribution in [1.82, 2.24) is 15.1 Å². The molecule has 1 aliphatic rings. The van der Waals surface area contributed by atoms with E-state index in [-0.39, 0.29) is 30.6 Å². The average molecular weight is 482 g/mol. The van der Waals surface area contributed by atoms with Crippen LogP contribution in [0, 0.1) is 17.8 Å². The van der Waals surface area contributed by atoms with Crippen molar-refractivity contribution in [2.24, 2.45) is 22.7 Å². The molecule has 0 saturated carbocycles. The zero-order valence-electron chi connectivity index (χ0n) is 17.7. The molecule has 26 heavy (non-hydrogen) atoms. The van der Waals surface area contributed by atoms with Gasteiger partial charge in [0.05, 0.1) is 0 Å². The third kappa shape index (κ3) is 9.74. The minimum atomic E-state index is 0. The monoisotopic (exact) mass is 482 g/mol. The number of nitrogens with one attached hydrogen (secondary N) is 1. The van der Waals surface area contributed by atoms with Crippen molar-refractivity contribution in [3.05, 3.63) is 0 Å². The van der Waals surface area contributed by atoms with E-state index in [4.69, 9.17) is 4.99 Å². The van der Waals surface area contributed by atoms with Crippen LogP contribution in [0.3, 0.4) is 0 Å². The second kappa shape index (κ2) is 14.9. The summed E-state index contributed by atoms with van der Waals surface area (Å²) >= 11 is 0. The van der Waals surface area contributed by atoms with Gasteiger partial charge in [-0.3, -0.25) is 4.99 Å². The molecule has 5 nitrogen and oxygen atoms in total. The number of rotatable bonds is 11. The van der Waals surface area contributed by atoms with Crippen molar-refractivity contribution in [2.45, 2.75) is 53.9 Å². The molecule has 1 fully saturated rings. The van der Waals surface area contributed by atoms with Crippen LogP contribution in [-0.4, -0.2) is 73.3 Å². The van der Waals surface area contributed by atoms with Gasteiger partial charge in [-0.05, 0) is 57.0 Å². The highest BCUT2D eigenvalue weighted by Crippen LogP contribution is 2.19. The van der Waals surface area contributed by atoms with Gasteiger partial charge >= 0.3 is 0 Å². The first-order valence-corrected chi connectivity index (χ1v) is 10.4. The number of aliphatic hydroxyl groups is 1. The molecule has 2 N–H and O–H groups in total. The zero-order valence-corrected chi connectivity index (χ0v) is 20.0. The lowest BCUT2D eigenvalue weighted by Crippen LogP contribution is -2.41. The van der Waals surface area contributed by atoms with Crippen LogP contribution in [0.5, 0.6) is 0 Å². The van der Waals surface area contributed by atoms with Crippen molar-refractivity contribution in [3.63, 3.8) is 0 Å². The van der Waals surface area contributed by atoms with Crippen molar-refractivity contribution >= 4 is 29.9 Å². The van der Waals surface area contributed by atoms with Gasteiger partial charge in [0.1, 0.15) is 0 Å². The summed E-state index contributed by atoms with van der Waals surface area (Å²) in [6.07, 6.45) is 3.24. The Morgan fingerprint density at radius 1 is 1.27 bits per heavy atom. The number of halogens is 1. The van der Waals surface area contributed by atoms with E-state index in [1.807, 2.05) is 0 Å². The Balaban J connectivity index is 0.00000625. The maximum Gasteiger partial charge on any atom is 0.193 e. The molecule has 0 aliphatic carbocycles. The summed E-state index contributed by atoms with van der Waals surface area (Å²) in [5.41, 5.74) is 0. The summed E-state index contributed by atoms with van der Waals surface area (Å²) in [7, 11) is 0. The van der Waals surface area contributed by atoms with Crippen LogP contribution in [0.2, 0.25) is 0 Å². The highest BCUT2D eigenvalue weighted by Gasteiger charge is 2.26. The van der Waals surface area contributed by atoms with Crippen LogP contribution in [0.25, 0.3) is 0 Å². The van der Waals surface area contributed by atoms with Crippen LogP contribution in [-0.2, 0) is 0 Å². The van der Waals surface area contributed by atoms with Crippen molar-refractivity contribution in [1.29, 1.82) is 0 Å². The molecule has 0 aromatic carbocycles. The van der Waals surface area contributed by atoms with Gasteiger partial charge in [0.25, 0.3) is 0 Å². The molecule has 156 valence electrons. The molecule has 2 atom stereocenters. The van der Waals surface area contributed by atoms with Gasteiger partial charge in [-0.1, -0.05) is 27.7 Å². The first kappa shape index (κ1) is 25.9. The molecule has 2 unspecified atom stereocenters. The van der Waals surface area contributed by atoms with E-state index >= 15 is 0 Å². The number of aliphatic imine (C=N–C) groups is 1. The number of likely N-dealkylation sites (tertiary alicyclic amines) is 1. The Kier molecular flexibility index (Phi) is 14.9. The second-order valence-electron chi connectivity index (χ2n) is 7.79. The van der Waals surface area contributed by atoms with Gasteiger partial charge in [-0.2, -0.15) is 0 Å². The Morgan fingerprint density at radius 2 is 1.96 bits per heavy atom. The molecule has 1 aliphatic heterocycles. The first-order valence-electron chi connectivity index (χ1n) is 10.4. The lowest BCUT2D eigenvalue weighted by molar-refractivity contribution is 0.245. The van der Waals surface area contributed by atoms with Crippen LogP contribution in [0.15, 0.2) is 4.99 Å². The van der Waals surface area contributed by atoms with Crippen LogP contribution in [0.4, 0.5) is 0 Å². The lowest BCUT2D eigenvalue weighted by Gasteiger charge is -2.25. The minimum absolute atomic E-state index is 0. The lowest BCUT2D eigenvalue weighted by atomic mass is 9.94. The standard InChI is InChI=1S/C20H42N4O.HI/c1-6-21-20(22-14-18(10-12-25)13-17(4)5)24-11-9-19(16-24)15-23(7-2)8-3;/h17-19,25H,6-16H2,1-5H3,(H,21,22);1H. The van der Waals surface area contributed by atoms with Crippen molar-refractivity contribution < 1.29 is 5.11 Å². The van der Waals surface area contributed by atoms with Gasteiger partial charge in [-0.25, -0.2) is 0 Å². The van der Waals surface area contributed by atoms with Crippen molar-refractivity contribution in [2.75, 3.05) is 52.4 Å². The molecule has 0 radical (unpaired) electrons. The van der Waals surface area contributed by atoms with Gasteiger partial charge in [0, 0.05) is 39.3 Å². The van der Waals surface area contributed by atoms with Crippen LogP contribution in [0.1, 0.15) is 53.9 Å². The minimum Gasteiger partial charge on any atom is -0.396 e. The predicted octanol–water partition coefficient (Wildman–Crippen LogP) is 3.28. The highest BCUT2D eigenvalue weighted by molar-refractivity contribution is 14.0. The predicted molar refractivity (Wildman–Crippen MR) is 124 cm³/mol. The van der Waals surface area contributed by atoms with Crippen molar-refractivity contribution in [3.8, 4) is 0 Å². The summed E-state index contributed by atoms with van der Waals surface area (Å²) < 4.78 is 0. The largest absolute Gasteiger partial charge is 0.396 e. The SMILES string of the molecule is CCNC(=NCC(CCO)CC(C)C)N1CCC(CN(CC)CC)C1.I. The molecule has 0 amide bonds. The van der Waals surface area contributed by atoms with E-state index in [1.165, 1.54) is 13.0 Å².